The summed E-state index contributed by atoms with van der Waals surface area (Å²) in [5.74, 6) is 1.53. The third kappa shape index (κ3) is 2.43. The smallest absolute Gasteiger partial charge is 0.195 e. The zero-order valence-corrected chi connectivity index (χ0v) is 12.7. The Labute approximate surface area is 124 Å². The monoisotopic (exact) mass is 288 g/mol. The standard InChI is InChI=1S/C15H20N4S/c1-11-10-18(2)9-8-13(11)19-14(16-17-15(19)20)12-6-4-3-5-7-12/h3-7,11,13H,8-10H2,1-2H3,(H,17,20). The van der Waals surface area contributed by atoms with Crippen molar-refractivity contribution in [2.75, 3.05) is 20.1 Å². The summed E-state index contributed by atoms with van der Waals surface area (Å²) in [5, 5.41) is 7.41. The maximum absolute atomic E-state index is 5.47. The fraction of sp³-hybridized carbons (Fsp3) is 0.467. The number of benzene rings is 1. The Morgan fingerprint density at radius 2 is 2.05 bits per heavy atom. The minimum atomic E-state index is 0.424. The van der Waals surface area contributed by atoms with Gasteiger partial charge in [0.05, 0.1) is 0 Å². The van der Waals surface area contributed by atoms with Gasteiger partial charge in [-0.15, -0.1) is 0 Å². The van der Waals surface area contributed by atoms with E-state index in [9.17, 15) is 0 Å². The average Bonchev–Trinajstić information content (AvgIpc) is 2.82. The number of nitrogens with zero attached hydrogens (tertiary/aromatic N) is 3. The second-order valence-corrected chi connectivity index (χ2v) is 6.07. The molecule has 0 amide bonds. The fourth-order valence-electron chi connectivity index (χ4n) is 3.13. The largest absolute Gasteiger partial charge is 0.306 e. The molecule has 1 saturated heterocycles. The molecule has 1 aliphatic rings. The molecule has 0 aliphatic carbocycles. The first-order valence-corrected chi connectivity index (χ1v) is 7.48. The third-order valence-electron chi connectivity index (χ3n) is 4.13. The SMILES string of the molecule is CC1CN(C)CCC1n1c(-c2ccccc2)n[nH]c1=S. The fourth-order valence-corrected chi connectivity index (χ4v) is 3.40. The number of hydrogen-bond acceptors (Lipinski definition) is 3. The van der Waals surface area contributed by atoms with Crippen LogP contribution in [0.4, 0.5) is 0 Å². The molecule has 4 nitrogen and oxygen atoms in total. The quantitative estimate of drug-likeness (QED) is 0.863. The Hall–Kier alpha value is -1.46. The van der Waals surface area contributed by atoms with Crippen LogP contribution < -0.4 is 0 Å². The molecule has 1 aliphatic heterocycles. The first-order chi connectivity index (χ1) is 9.66. The van der Waals surface area contributed by atoms with Gasteiger partial charge in [0.2, 0.25) is 0 Å². The number of H-pyrrole nitrogens is 1. The van der Waals surface area contributed by atoms with Crippen LogP contribution >= 0.6 is 12.2 Å². The van der Waals surface area contributed by atoms with Crippen molar-refractivity contribution in [1.82, 2.24) is 19.7 Å². The molecule has 0 radical (unpaired) electrons. The van der Waals surface area contributed by atoms with Gasteiger partial charge in [-0.25, -0.2) is 0 Å². The maximum atomic E-state index is 5.47. The van der Waals surface area contributed by atoms with Crippen molar-refractivity contribution >= 4 is 12.2 Å². The van der Waals surface area contributed by atoms with Crippen molar-refractivity contribution in [3.63, 3.8) is 0 Å². The highest BCUT2D eigenvalue weighted by Gasteiger charge is 2.28. The summed E-state index contributed by atoms with van der Waals surface area (Å²) in [6.07, 6.45) is 1.12. The van der Waals surface area contributed by atoms with Gasteiger partial charge < -0.3 is 4.90 Å². The summed E-state index contributed by atoms with van der Waals surface area (Å²) < 4.78 is 2.94. The lowest BCUT2D eigenvalue weighted by Crippen LogP contribution is -2.38. The molecule has 20 heavy (non-hydrogen) atoms. The highest BCUT2D eigenvalue weighted by atomic mass is 32.1. The van der Waals surface area contributed by atoms with E-state index in [0.717, 1.165) is 35.7 Å². The van der Waals surface area contributed by atoms with Gasteiger partial charge in [0.25, 0.3) is 0 Å². The Bertz CT molecular complexity index is 631. The van der Waals surface area contributed by atoms with E-state index < -0.39 is 0 Å². The highest BCUT2D eigenvalue weighted by Crippen LogP contribution is 2.31. The number of hydrogen-bond donors (Lipinski definition) is 1. The van der Waals surface area contributed by atoms with Crippen LogP contribution in [0.1, 0.15) is 19.4 Å². The van der Waals surface area contributed by atoms with Gasteiger partial charge in [0, 0.05) is 18.2 Å². The molecule has 5 heteroatoms. The van der Waals surface area contributed by atoms with E-state index in [1.165, 1.54) is 0 Å². The molecule has 0 spiro atoms. The van der Waals surface area contributed by atoms with Crippen LogP contribution in [-0.4, -0.2) is 39.8 Å². The van der Waals surface area contributed by atoms with Crippen molar-refractivity contribution in [2.24, 2.45) is 5.92 Å². The Kier molecular flexibility index (Phi) is 3.72. The summed E-state index contributed by atoms with van der Waals surface area (Å²) in [7, 11) is 2.18. The molecule has 1 N–H and O–H groups in total. The molecule has 2 heterocycles. The molecule has 2 atom stereocenters. The van der Waals surface area contributed by atoms with E-state index in [4.69, 9.17) is 12.2 Å². The van der Waals surface area contributed by atoms with Crippen LogP contribution in [-0.2, 0) is 0 Å². The molecule has 2 aromatic rings. The highest BCUT2D eigenvalue weighted by molar-refractivity contribution is 7.71. The van der Waals surface area contributed by atoms with Gasteiger partial charge in [-0.05, 0) is 38.1 Å². The zero-order chi connectivity index (χ0) is 14.1. The Morgan fingerprint density at radius 3 is 2.75 bits per heavy atom. The lowest BCUT2D eigenvalue weighted by Gasteiger charge is -2.35. The van der Waals surface area contributed by atoms with Crippen molar-refractivity contribution in [1.29, 1.82) is 0 Å². The molecule has 0 bridgehead atoms. The number of aromatic nitrogens is 3. The van der Waals surface area contributed by atoms with E-state index in [1.54, 1.807) is 0 Å². The van der Waals surface area contributed by atoms with E-state index in [-0.39, 0.29) is 0 Å². The second kappa shape index (κ2) is 5.50. The van der Waals surface area contributed by atoms with Gasteiger partial charge in [-0.3, -0.25) is 9.67 Å². The number of piperidine rings is 1. The molecule has 1 aromatic heterocycles. The van der Waals surface area contributed by atoms with Gasteiger partial charge in [0.15, 0.2) is 10.6 Å². The van der Waals surface area contributed by atoms with Gasteiger partial charge >= 0.3 is 0 Å². The Morgan fingerprint density at radius 1 is 1.30 bits per heavy atom. The van der Waals surface area contributed by atoms with E-state index in [0.29, 0.717) is 12.0 Å². The number of likely N-dealkylation sites (tertiary alicyclic amines) is 1. The summed E-state index contributed by atoms with van der Waals surface area (Å²) >= 11 is 5.47. The molecular formula is C15H20N4S. The number of rotatable bonds is 2. The Balaban J connectivity index is 2.02. The summed E-state index contributed by atoms with van der Waals surface area (Å²) in [5.41, 5.74) is 1.12. The summed E-state index contributed by atoms with van der Waals surface area (Å²) in [6.45, 7) is 4.51. The summed E-state index contributed by atoms with van der Waals surface area (Å²) in [4.78, 5) is 2.38. The number of aromatic amines is 1. The first kappa shape index (κ1) is 13.5. The van der Waals surface area contributed by atoms with Gasteiger partial charge in [0.1, 0.15) is 0 Å². The predicted molar refractivity (Wildman–Crippen MR) is 83.2 cm³/mol. The van der Waals surface area contributed by atoms with Crippen molar-refractivity contribution in [3.8, 4) is 11.4 Å². The van der Waals surface area contributed by atoms with E-state index in [2.05, 4.69) is 45.8 Å². The van der Waals surface area contributed by atoms with Crippen molar-refractivity contribution in [2.45, 2.75) is 19.4 Å². The summed E-state index contributed by atoms with van der Waals surface area (Å²) in [6, 6.07) is 10.7. The van der Waals surface area contributed by atoms with Crippen LogP contribution in [0.3, 0.4) is 0 Å². The van der Waals surface area contributed by atoms with Crippen molar-refractivity contribution < 1.29 is 0 Å². The molecular weight excluding hydrogens is 268 g/mol. The lowest BCUT2D eigenvalue weighted by atomic mass is 9.93. The second-order valence-electron chi connectivity index (χ2n) is 5.68. The first-order valence-electron chi connectivity index (χ1n) is 7.07. The molecule has 2 unspecified atom stereocenters. The van der Waals surface area contributed by atoms with Crippen LogP contribution in [0.15, 0.2) is 30.3 Å². The van der Waals surface area contributed by atoms with E-state index >= 15 is 0 Å². The topological polar surface area (TPSA) is 36.9 Å². The molecule has 106 valence electrons. The third-order valence-corrected chi connectivity index (χ3v) is 4.42. The van der Waals surface area contributed by atoms with Crippen LogP contribution in [0.2, 0.25) is 0 Å². The van der Waals surface area contributed by atoms with Crippen molar-refractivity contribution in [3.05, 3.63) is 35.1 Å². The van der Waals surface area contributed by atoms with Crippen LogP contribution in [0.5, 0.6) is 0 Å². The minimum Gasteiger partial charge on any atom is -0.306 e. The zero-order valence-electron chi connectivity index (χ0n) is 11.9. The lowest BCUT2D eigenvalue weighted by molar-refractivity contribution is 0.159. The minimum absolute atomic E-state index is 0.424. The maximum Gasteiger partial charge on any atom is 0.195 e. The van der Waals surface area contributed by atoms with E-state index in [1.807, 2.05) is 18.2 Å². The molecule has 1 fully saturated rings. The van der Waals surface area contributed by atoms with Crippen LogP contribution in [0.25, 0.3) is 11.4 Å². The molecule has 3 rings (SSSR count). The number of nitrogens with one attached hydrogen (secondary N) is 1. The predicted octanol–water partition coefficient (Wildman–Crippen LogP) is 3.12. The van der Waals surface area contributed by atoms with Gasteiger partial charge in [-0.2, -0.15) is 5.10 Å². The molecule has 1 aromatic carbocycles. The normalized spacial score (nSPS) is 23.9. The average molecular weight is 288 g/mol. The van der Waals surface area contributed by atoms with Gasteiger partial charge in [-0.1, -0.05) is 37.3 Å². The van der Waals surface area contributed by atoms with Crippen LogP contribution in [0, 0.1) is 10.7 Å². The molecule has 0 saturated carbocycles.